The molecule has 0 aromatic carbocycles. The summed E-state index contributed by atoms with van der Waals surface area (Å²) in [5.74, 6) is 3.13. The summed E-state index contributed by atoms with van der Waals surface area (Å²) in [6.45, 7) is 24.1. The number of hydrogen-bond acceptors (Lipinski definition) is 2. The van der Waals surface area contributed by atoms with Crippen LogP contribution in [-0.2, 0) is 0 Å². The van der Waals surface area contributed by atoms with Crippen LogP contribution in [0, 0.1) is 23.7 Å². The summed E-state index contributed by atoms with van der Waals surface area (Å²) in [5.41, 5.74) is 1.13. The van der Waals surface area contributed by atoms with Gasteiger partial charge in [0.1, 0.15) is 0 Å². The van der Waals surface area contributed by atoms with Crippen molar-refractivity contribution in [3.8, 4) is 0 Å². The highest BCUT2D eigenvalue weighted by molar-refractivity contribution is 5.02. The number of hydrogen-bond donors (Lipinski definition) is 2. The smallest absolute Gasteiger partial charge is 0.0183 e. The Morgan fingerprint density at radius 1 is 0.630 bits per heavy atom. The van der Waals surface area contributed by atoms with Crippen molar-refractivity contribution in [1.29, 1.82) is 0 Å². The first-order valence-electron chi connectivity index (χ1n) is 11.8. The van der Waals surface area contributed by atoms with Crippen molar-refractivity contribution in [3.63, 3.8) is 0 Å². The third-order valence-corrected chi connectivity index (χ3v) is 8.04. The molecule has 0 amide bonds. The quantitative estimate of drug-likeness (QED) is 0.548. The van der Waals surface area contributed by atoms with E-state index in [1.165, 1.54) is 44.9 Å². The highest BCUT2D eigenvalue weighted by atomic mass is 15.1. The van der Waals surface area contributed by atoms with Gasteiger partial charge in [-0.3, -0.25) is 0 Å². The molecule has 0 aromatic heterocycles. The predicted octanol–water partition coefficient (Wildman–Crippen LogP) is 6.54. The molecule has 2 saturated heterocycles. The van der Waals surface area contributed by atoms with Crippen molar-refractivity contribution in [2.45, 2.75) is 136 Å². The topological polar surface area (TPSA) is 24.1 Å². The van der Waals surface area contributed by atoms with Crippen molar-refractivity contribution in [1.82, 2.24) is 10.6 Å². The summed E-state index contributed by atoms with van der Waals surface area (Å²) in [5, 5.41) is 7.93. The second-order valence-corrected chi connectivity index (χ2v) is 12.6. The highest BCUT2D eigenvalue weighted by Gasteiger charge is 2.43. The minimum absolute atomic E-state index is 0.273. The van der Waals surface area contributed by atoms with Gasteiger partial charge in [-0.25, -0.2) is 0 Å². The predicted molar refractivity (Wildman–Crippen MR) is 120 cm³/mol. The molecule has 2 heterocycles. The van der Waals surface area contributed by atoms with Crippen LogP contribution in [0.25, 0.3) is 0 Å². The number of piperidine rings is 2. The third-order valence-electron chi connectivity index (χ3n) is 8.04. The van der Waals surface area contributed by atoms with Crippen LogP contribution in [0.4, 0.5) is 0 Å². The van der Waals surface area contributed by atoms with Gasteiger partial charge in [0, 0.05) is 22.2 Å². The van der Waals surface area contributed by atoms with Gasteiger partial charge in [-0.15, -0.1) is 0 Å². The van der Waals surface area contributed by atoms with Crippen molar-refractivity contribution in [2.24, 2.45) is 23.7 Å². The van der Waals surface area contributed by atoms with Gasteiger partial charge >= 0.3 is 0 Å². The first-order valence-corrected chi connectivity index (χ1v) is 11.8. The Kier molecular flexibility index (Phi) is 6.85. The van der Waals surface area contributed by atoms with Crippen LogP contribution < -0.4 is 10.6 Å². The van der Waals surface area contributed by atoms with E-state index in [1.54, 1.807) is 0 Å². The molecule has 0 aliphatic carbocycles. The molecule has 160 valence electrons. The van der Waals surface area contributed by atoms with Crippen LogP contribution in [0.15, 0.2) is 0 Å². The van der Waals surface area contributed by atoms with Crippen LogP contribution in [0.2, 0.25) is 0 Å². The Morgan fingerprint density at radius 2 is 0.963 bits per heavy atom. The molecule has 2 rings (SSSR count). The van der Waals surface area contributed by atoms with Gasteiger partial charge < -0.3 is 10.6 Å². The average Bonchev–Trinajstić information content (AvgIpc) is 2.42. The summed E-state index contributed by atoms with van der Waals surface area (Å²) < 4.78 is 0. The minimum Gasteiger partial charge on any atom is -0.306 e. The molecule has 2 aliphatic heterocycles. The zero-order valence-electron chi connectivity index (χ0n) is 20.3. The molecular weight excluding hydrogens is 328 g/mol. The van der Waals surface area contributed by atoms with Crippen molar-refractivity contribution in [3.05, 3.63) is 0 Å². The van der Waals surface area contributed by atoms with Crippen LogP contribution in [-0.4, -0.2) is 22.2 Å². The van der Waals surface area contributed by atoms with E-state index >= 15 is 0 Å². The first kappa shape index (κ1) is 23.2. The molecule has 0 aromatic rings. The highest BCUT2D eigenvalue weighted by Crippen LogP contribution is 2.42. The average molecular weight is 379 g/mol. The molecule has 2 nitrogen and oxygen atoms in total. The second kappa shape index (κ2) is 7.98. The van der Waals surface area contributed by atoms with E-state index in [0.717, 1.165) is 11.8 Å². The summed E-state index contributed by atoms with van der Waals surface area (Å²) in [4.78, 5) is 0. The molecule has 27 heavy (non-hydrogen) atoms. The standard InChI is InChI=1S/C25H50N2/c1-18(2)24(9)16-20(14-22(5,6)26-24)12-11-13-21-15-23(7,8)27-25(10,17-21)19(3)4/h18-21,26-27H,11-17H2,1-10H3. The lowest BCUT2D eigenvalue weighted by Gasteiger charge is -2.51. The Labute approximate surface area is 171 Å². The number of rotatable bonds is 6. The van der Waals surface area contributed by atoms with E-state index in [9.17, 15) is 0 Å². The third kappa shape index (κ3) is 5.95. The Bertz CT molecular complexity index is 449. The van der Waals surface area contributed by atoms with Gasteiger partial charge in [-0.05, 0) is 90.9 Å². The van der Waals surface area contributed by atoms with E-state index in [1.807, 2.05) is 0 Å². The maximum atomic E-state index is 3.96. The summed E-state index contributed by atoms with van der Waals surface area (Å²) in [7, 11) is 0. The summed E-state index contributed by atoms with van der Waals surface area (Å²) in [6, 6.07) is 0. The fourth-order valence-corrected chi connectivity index (χ4v) is 6.40. The summed E-state index contributed by atoms with van der Waals surface area (Å²) in [6.07, 6.45) is 9.58. The van der Waals surface area contributed by atoms with Crippen molar-refractivity contribution >= 4 is 0 Å². The lowest BCUT2D eigenvalue weighted by molar-refractivity contribution is 0.0657. The molecule has 4 atom stereocenters. The van der Waals surface area contributed by atoms with Crippen LogP contribution in [0.1, 0.15) is 114 Å². The molecule has 0 saturated carbocycles. The van der Waals surface area contributed by atoms with E-state index in [-0.39, 0.29) is 11.1 Å². The van der Waals surface area contributed by atoms with E-state index < -0.39 is 0 Å². The van der Waals surface area contributed by atoms with E-state index in [4.69, 9.17) is 0 Å². The lowest BCUT2D eigenvalue weighted by Crippen LogP contribution is -2.61. The van der Waals surface area contributed by atoms with Gasteiger partial charge in [-0.1, -0.05) is 47.0 Å². The van der Waals surface area contributed by atoms with Crippen LogP contribution in [0.5, 0.6) is 0 Å². The Hall–Kier alpha value is -0.0800. The van der Waals surface area contributed by atoms with Gasteiger partial charge in [0.25, 0.3) is 0 Å². The second-order valence-electron chi connectivity index (χ2n) is 12.6. The fraction of sp³-hybridized carbons (Fsp3) is 1.00. The molecule has 2 heteroatoms. The zero-order chi connectivity index (χ0) is 20.7. The normalized spacial score (nSPS) is 39.1. The minimum atomic E-state index is 0.273. The summed E-state index contributed by atoms with van der Waals surface area (Å²) >= 11 is 0. The maximum Gasteiger partial charge on any atom is 0.0183 e. The van der Waals surface area contributed by atoms with Gasteiger partial charge in [0.05, 0.1) is 0 Å². The van der Waals surface area contributed by atoms with E-state index in [0.29, 0.717) is 22.9 Å². The molecule has 0 bridgehead atoms. The molecular formula is C25H50N2. The van der Waals surface area contributed by atoms with Gasteiger partial charge in [0.15, 0.2) is 0 Å². The Balaban J connectivity index is 1.93. The maximum absolute atomic E-state index is 3.96. The SMILES string of the molecule is CC(C)C1(C)CC(CCCC2CC(C)(C)NC(C)(C(C)C)C2)CC(C)(C)N1. The van der Waals surface area contributed by atoms with Crippen molar-refractivity contribution in [2.75, 3.05) is 0 Å². The fourth-order valence-electron chi connectivity index (χ4n) is 6.40. The zero-order valence-corrected chi connectivity index (χ0v) is 20.3. The Morgan fingerprint density at radius 3 is 1.26 bits per heavy atom. The van der Waals surface area contributed by atoms with Crippen LogP contribution in [0.3, 0.4) is 0 Å². The molecule has 0 spiro atoms. The molecule has 2 aliphatic rings. The van der Waals surface area contributed by atoms with Crippen molar-refractivity contribution < 1.29 is 0 Å². The van der Waals surface area contributed by atoms with Gasteiger partial charge in [-0.2, -0.15) is 0 Å². The molecule has 2 fully saturated rings. The van der Waals surface area contributed by atoms with Crippen LogP contribution >= 0.6 is 0 Å². The largest absolute Gasteiger partial charge is 0.306 e. The first-order chi connectivity index (χ1) is 12.2. The molecule has 4 unspecified atom stereocenters. The van der Waals surface area contributed by atoms with Gasteiger partial charge in [0.2, 0.25) is 0 Å². The lowest BCUT2D eigenvalue weighted by atomic mass is 9.67. The number of nitrogens with one attached hydrogen (secondary N) is 2. The van der Waals surface area contributed by atoms with E-state index in [2.05, 4.69) is 79.9 Å². The molecule has 2 N–H and O–H groups in total. The monoisotopic (exact) mass is 378 g/mol. The molecule has 0 radical (unpaired) electrons.